The molecular formula is C10H9N3O3. The first-order chi connectivity index (χ1) is 7.72. The third kappa shape index (κ3) is 1.72. The summed E-state index contributed by atoms with van der Waals surface area (Å²) in [6, 6.07) is 4.34. The highest BCUT2D eigenvalue weighted by molar-refractivity contribution is 5.88. The molecule has 0 amide bonds. The number of ether oxygens (including phenoxy) is 1. The molecule has 2 heterocycles. The molecule has 0 atom stereocenters. The van der Waals surface area contributed by atoms with E-state index < -0.39 is 5.97 Å². The number of hydrogen-bond acceptors (Lipinski definition) is 4. The highest BCUT2D eigenvalue weighted by Crippen LogP contribution is 2.03. The number of rotatable bonds is 2. The standard InChI is InChI=1S/C10H9N3O3/c1-16-10(15)7-2-3-9(14)13(6-7)8-4-5-11-12-8/h2-6H,1H3,(H,11,12). The molecule has 2 rings (SSSR count). The van der Waals surface area contributed by atoms with Crippen molar-refractivity contribution in [2.75, 3.05) is 7.11 Å². The molecule has 2 aromatic rings. The van der Waals surface area contributed by atoms with E-state index in [0.717, 1.165) is 0 Å². The number of hydrogen-bond donors (Lipinski definition) is 1. The second-order valence-electron chi connectivity index (χ2n) is 3.06. The molecule has 0 bridgehead atoms. The maximum Gasteiger partial charge on any atom is 0.339 e. The molecule has 0 aliphatic heterocycles. The number of nitrogens with one attached hydrogen (secondary N) is 1. The van der Waals surface area contributed by atoms with Gasteiger partial charge in [0.1, 0.15) is 5.82 Å². The van der Waals surface area contributed by atoms with Gasteiger partial charge in [-0.25, -0.2) is 4.79 Å². The van der Waals surface area contributed by atoms with Crippen LogP contribution in [0.5, 0.6) is 0 Å². The minimum absolute atomic E-state index is 0.253. The van der Waals surface area contributed by atoms with E-state index in [-0.39, 0.29) is 5.56 Å². The van der Waals surface area contributed by atoms with Crippen LogP contribution in [-0.2, 0) is 4.74 Å². The molecule has 0 radical (unpaired) electrons. The van der Waals surface area contributed by atoms with E-state index in [2.05, 4.69) is 14.9 Å². The first-order valence-corrected chi connectivity index (χ1v) is 4.53. The lowest BCUT2D eigenvalue weighted by Gasteiger charge is -2.04. The summed E-state index contributed by atoms with van der Waals surface area (Å²) in [6.45, 7) is 0. The molecule has 16 heavy (non-hydrogen) atoms. The fourth-order valence-corrected chi connectivity index (χ4v) is 1.30. The Hall–Kier alpha value is -2.37. The van der Waals surface area contributed by atoms with E-state index in [4.69, 9.17) is 0 Å². The Labute approximate surface area is 90.5 Å². The molecule has 0 spiro atoms. The maximum absolute atomic E-state index is 11.5. The topological polar surface area (TPSA) is 77.0 Å². The van der Waals surface area contributed by atoms with E-state index >= 15 is 0 Å². The Morgan fingerprint density at radius 2 is 2.25 bits per heavy atom. The summed E-state index contributed by atoms with van der Waals surface area (Å²) in [6.07, 6.45) is 2.92. The summed E-state index contributed by atoms with van der Waals surface area (Å²) in [7, 11) is 1.29. The lowest BCUT2D eigenvalue weighted by molar-refractivity contribution is 0.0600. The molecule has 0 saturated carbocycles. The number of nitrogens with zero attached hydrogens (tertiary/aromatic N) is 2. The van der Waals surface area contributed by atoms with Crippen molar-refractivity contribution in [3.63, 3.8) is 0 Å². The van der Waals surface area contributed by atoms with Crippen molar-refractivity contribution >= 4 is 5.97 Å². The first-order valence-electron chi connectivity index (χ1n) is 4.53. The summed E-state index contributed by atoms with van der Waals surface area (Å²) < 4.78 is 5.86. The molecule has 1 N–H and O–H groups in total. The van der Waals surface area contributed by atoms with E-state index in [0.29, 0.717) is 11.4 Å². The van der Waals surface area contributed by atoms with Crippen LogP contribution in [0.4, 0.5) is 0 Å². The zero-order chi connectivity index (χ0) is 11.5. The van der Waals surface area contributed by atoms with Gasteiger partial charge < -0.3 is 4.74 Å². The van der Waals surface area contributed by atoms with E-state index in [1.165, 1.54) is 36.2 Å². The number of aromatic amines is 1. The Bertz CT molecular complexity index is 557. The van der Waals surface area contributed by atoms with Gasteiger partial charge in [-0.05, 0) is 6.07 Å². The summed E-state index contributed by atoms with van der Waals surface area (Å²) >= 11 is 0. The minimum atomic E-state index is -0.492. The van der Waals surface area contributed by atoms with Crippen LogP contribution in [0.15, 0.2) is 35.4 Å². The number of carbonyl (C=O) groups is 1. The highest BCUT2D eigenvalue weighted by atomic mass is 16.5. The van der Waals surface area contributed by atoms with Gasteiger partial charge >= 0.3 is 5.97 Å². The average molecular weight is 219 g/mol. The van der Waals surface area contributed by atoms with Gasteiger partial charge in [-0.15, -0.1) is 0 Å². The summed E-state index contributed by atoms with van der Waals surface area (Å²) in [4.78, 5) is 22.8. The third-order valence-electron chi connectivity index (χ3n) is 2.08. The van der Waals surface area contributed by atoms with Gasteiger partial charge in [0, 0.05) is 18.3 Å². The molecule has 0 saturated heterocycles. The van der Waals surface area contributed by atoms with E-state index in [1.807, 2.05) is 0 Å². The lowest BCUT2D eigenvalue weighted by Crippen LogP contribution is -2.19. The van der Waals surface area contributed by atoms with Crippen LogP contribution in [-0.4, -0.2) is 27.8 Å². The van der Waals surface area contributed by atoms with Crippen molar-refractivity contribution in [3.8, 4) is 5.82 Å². The third-order valence-corrected chi connectivity index (χ3v) is 2.08. The smallest absolute Gasteiger partial charge is 0.339 e. The zero-order valence-corrected chi connectivity index (χ0v) is 8.51. The van der Waals surface area contributed by atoms with Crippen LogP contribution in [0.1, 0.15) is 10.4 Å². The van der Waals surface area contributed by atoms with Crippen LogP contribution < -0.4 is 5.56 Å². The van der Waals surface area contributed by atoms with Crippen molar-refractivity contribution < 1.29 is 9.53 Å². The largest absolute Gasteiger partial charge is 0.465 e. The number of pyridine rings is 1. The first kappa shape index (κ1) is 10.2. The van der Waals surface area contributed by atoms with Gasteiger partial charge in [0.05, 0.1) is 18.9 Å². The van der Waals surface area contributed by atoms with Crippen LogP contribution in [0.2, 0.25) is 0 Å². The minimum Gasteiger partial charge on any atom is -0.465 e. The number of aromatic nitrogens is 3. The number of carbonyl (C=O) groups excluding carboxylic acids is 1. The predicted molar refractivity (Wildman–Crippen MR) is 55.5 cm³/mol. The van der Waals surface area contributed by atoms with E-state index in [1.54, 1.807) is 6.07 Å². The fraction of sp³-hybridized carbons (Fsp3) is 0.100. The van der Waals surface area contributed by atoms with Crippen molar-refractivity contribution in [2.24, 2.45) is 0 Å². The van der Waals surface area contributed by atoms with Crippen LogP contribution in [0.3, 0.4) is 0 Å². The molecule has 6 heteroatoms. The Balaban J connectivity index is 2.53. The molecule has 2 aromatic heterocycles. The molecular weight excluding hydrogens is 210 g/mol. The highest BCUT2D eigenvalue weighted by Gasteiger charge is 2.08. The predicted octanol–water partition coefficient (Wildman–Crippen LogP) is 0.347. The van der Waals surface area contributed by atoms with Crippen LogP contribution in [0, 0.1) is 0 Å². The zero-order valence-electron chi connectivity index (χ0n) is 8.51. The van der Waals surface area contributed by atoms with Gasteiger partial charge in [-0.1, -0.05) is 0 Å². The fourth-order valence-electron chi connectivity index (χ4n) is 1.30. The quantitative estimate of drug-likeness (QED) is 0.739. The van der Waals surface area contributed by atoms with Crippen molar-refractivity contribution in [1.29, 1.82) is 0 Å². The molecule has 0 aromatic carbocycles. The number of methoxy groups -OCH3 is 1. The van der Waals surface area contributed by atoms with Gasteiger partial charge in [0.2, 0.25) is 0 Å². The summed E-state index contributed by atoms with van der Waals surface area (Å²) in [5, 5.41) is 6.37. The molecule has 0 unspecified atom stereocenters. The normalized spacial score (nSPS) is 10.1. The Morgan fingerprint density at radius 3 is 2.88 bits per heavy atom. The molecule has 0 aliphatic carbocycles. The van der Waals surface area contributed by atoms with Gasteiger partial charge in [0.15, 0.2) is 0 Å². The second kappa shape index (κ2) is 4.01. The molecule has 0 fully saturated rings. The van der Waals surface area contributed by atoms with Crippen molar-refractivity contribution in [1.82, 2.24) is 14.8 Å². The SMILES string of the molecule is COC(=O)c1ccc(=O)n(-c2ccn[nH]2)c1. The maximum atomic E-state index is 11.5. The van der Waals surface area contributed by atoms with Gasteiger partial charge in [-0.3, -0.25) is 14.5 Å². The monoisotopic (exact) mass is 219 g/mol. The lowest BCUT2D eigenvalue weighted by atomic mass is 10.3. The Kier molecular flexibility index (Phi) is 2.55. The molecule has 6 nitrogen and oxygen atoms in total. The van der Waals surface area contributed by atoms with E-state index in [9.17, 15) is 9.59 Å². The van der Waals surface area contributed by atoms with Crippen LogP contribution >= 0.6 is 0 Å². The van der Waals surface area contributed by atoms with Gasteiger partial charge in [0.25, 0.3) is 5.56 Å². The summed E-state index contributed by atoms with van der Waals surface area (Å²) in [5.74, 6) is 0.00372. The Morgan fingerprint density at radius 1 is 1.44 bits per heavy atom. The summed E-state index contributed by atoms with van der Waals surface area (Å²) in [5.41, 5.74) is 0.0496. The average Bonchev–Trinajstić information content (AvgIpc) is 2.82. The van der Waals surface area contributed by atoms with Crippen LogP contribution in [0.25, 0.3) is 5.82 Å². The molecule has 0 aliphatic rings. The number of esters is 1. The molecule has 82 valence electrons. The van der Waals surface area contributed by atoms with Gasteiger partial charge in [-0.2, -0.15) is 5.10 Å². The van der Waals surface area contributed by atoms with Crippen molar-refractivity contribution in [3.05, 3.63) is 46.5 Å². The number of H-pyrrole nitrogens is 1. The van der Waals surface area contributed by atoms with Crippen molar-refractivity contribution in [2.45, 2.75) is 0 Å². The second-order valence-corrected chi connectivity index (χ2v) is 3.06.